The SMILES string of the molecule is Cc1cc(C)n(CCN(C(=O)/C=C/c2ccccc2)c2nc3c(F)cc(F)cc3s2)n1. The zero-order chi connectivity index (χ0) is 22.0. The van der Waals surface area contributed by atoms with Crippen molar-refractivity contribution in [3.8, 4) is 0 Å². The van der Waals surface area contributed by atoms with E-state index >= 15 is 0 Å². The minimum absolute atomic E-state index is 0.0531. The lowest BCUT2D eigenvalue weighted by molar-refractivity contribution is -0.114. The third-order valence-corrected chi connectivity index (χ3v) is 5.78. The molecule has 158 valence electrons. The van der Waals surface area contributed by atoms with Crippen molar-refractivity contribution in [3.05, 3.63) is 83.2 Å². The predicted octanol–water partition coefficient (Wildman–Crippen LogP) is 5.13. The maximum atomic E-state index is 14.2. The Kier molecular flexibility index (Phi) is 5.90. The van der Waals surface area contributed by atoms with Crippen LogP contribution in [0.1, 0.15) is 17.0 Å². The van der Waals surface area contributed by atoms with Gasteiger partial charge in [0, 0.05) is 24.4 Å². The summed E-state index contributed by atoms with van der Waals surface area (Å²) in [5.74, 6) is -1.72. The third-order valence-electron chi connectivity index (χ3n) is 4.76. The van der Waals surface area contributed by atoms with Crippen molar-refractivity contribution in [2.45, 2.75) is 20.4 Å². The highest BCUT2D eigenvalue weighted by atomic mass is 32.1. The molecule has 0 unspecified atom stereocenters. The summed E-state index contributed by atoms with van der Waals surface area (Å²) in [5, 5.41) is 4.74. The van der Waals surface area contributed by atoms with Crippen molar-refractivity contribution in [2.24, 2.45) is 0 Å². The molecule has 4 aromatic rings. The van der Waals surface area contributed by atoms with E-state index < -0.39 is 11.6 Å². The topological polar surface area (TPSA) is 51.0 Å². The first kappa shape index (κ1) is 20.9. The Balaban J connectivity index is 1.66. The Bertz CT molecular complexity index is 1260. The number of nitrogens with zero attached hydrogens (tertiary/aromatic N) is 4. The van der Waals surface area contributed by atoms with Crippen LogP contribution in [0.3, 0.4) is 0 Å². The van der Waals surface area contributed by atoms with Crippen LogP contribution >= 0.6 is 11.3 Å². The number of hydrogen-bond acceptors (Lipinski definition) is 4. The zero-order valence-electron chi connectivity index (χ0n) is 17.0. The molecule has 0 aliphatic heterocycles. The summed E-state index contributed by atoms with van der Waals surface area (Å²) in [6, 6.07) is 13.4. The van der Waals surface area contributed by atoms with Gasteiger partial charge in [-0.3, -0.25) is 14.4 Å². The maximum absolute atomic E-state index is 14.2. The molecule has 4 rings (SSSR count). The summed E-state index contributed by atoms with van der Waals surface area (Å²) in [6.07, 6.45) is 3.17. The molecule has 0 saturated heterocycles. The van der Waals surface area contributed by atoms with E-state index in [9.17, 15) is 13.6 Å². The van der Waals surface area contributed by atoms with Gasteiger partial charge in [0.05, 0.1) is 16.9 Å². The number of thiazole rings is 1. The third kappa shape index (κ3) is 4.69. The van der Waals surface area contributed by atoms with E-state index in [4.69, 9.17) is 0 Å². The van der Waals surface area contributed by atoms with Crippen LogP contribution in [0.5, 0.6) is 0 Å². The van der Waals surface area contributed by atoms with Gasteiger partial charge in [-0.2, -0.15) is 5.10 Å². The average Bonchev–Trinajstić information content (AvgIpc) is 3.30. The fourth-order valence-corrected chi connectivity index (χ4v) is 4.32. The minimum atomic E-state index is -0.747. The van der Waals surface area contributed by atoms with Crippen LogP contribution in [0.4, 0.5) is 13.9 Å². The second kappa shape index (κ2) is 8.77. The molecule has 2 aromatic carbocycles. The van der Waals surface area contributed by atoms with Crippen molar-refractivity contribution in [1.29, 1.82) is 0 Å². The van der Waals surface area contributed by atoms with Gasteiger partial charge in [0.1, 0.15) is 11.3 Å². The smallest absolute Gasteiger partial charge is 0.252 e. The highest BCUT2D eigenvalue weighted by molar-refractivity contribution is 7.22. The van der Waals surface area contributed by atoms with Gasteiger partial charge in [0.2, 0.25) is 0 Å². The monoisotopic (exact) mass is 438 g/mol. The first-order valence-corrected chi connectivity index (χ1v) is 10.5. The molecule has 2 heterocycles. The molecule has 0 aliphatic rings. The lowest BCUT2D eigenvalue weighted by atomic mass is 10.2. The van der Waals surface area contributed by atoms with Crippen LogP contribution in [-0.2, 0) is 11.3 Å². The molecule has 0 N–H and O–H groups in total. The summed E-state index contributed by atoms with van der Waals surface area (Å²) in [7, 11) is 0. The van der Waals surface area contributed by atoms with Gasteiger partial charge in [-0.15, -0.1) is 0 Å². The number of amides is 1. The van der Waals surface area contributed by atoms with E-state index in [-0.39, 0.29) is 18.0 Å². The number of aromatic nitrogens is 3. The fraction of sp³-hybridized carbons (Fsp3) is 0.174. The summed E-state index contributed by atoms with van der Waals surface area (Å²) < 4.78 is 30.0. The Hall–Kier alpha value is -3.39. The molecule has 5 nitrogen and oxygen atoms in total. The van der Waals surface area contributed by atoms with Gasteiger partial charge in [0.15, 0.2) is 10.9 Å². The molecular weight excluding hydrogens is 418 g/mol. The van der Waals surface area contributed by atoms with E-state index in [0.29, 0.717) is 16.4 Å². The Morgan fingerprint density at radius 2 is 1.94 bits per heavy atom. The Labute approximate surface area is 182 Å². The van der Waals surface area contributed by atoms with Gasteiger partial charge in [-0.25, -0.2) is 13.8 Å². The molecule has 1 amide bonds. The Morgan fingerprint density at radius 1 is 1.16 bits per heavy atom. The van der Waals surface area contributed by atoms with Crippen molar-refractivity contribution in [2.75, 3.05) is 11.4 Å². The lowest BCUT2D eigenvalue weighted by Crippen LogP contribution is -2.33. The highest BCUT2D eigenvalue weighted by Gasteiger charge is 2.20. The Morgan fingerprint density at radius 3 is 2.65 bits per heavy atom. The van der Waals surface area contributed by atoms with Gasteiger partial charge < -0.3 is 0 Å². The quantitative estimate of drug-likeness (QED) is 0.392. The first-order valence-electron chi connectivity index (χ1n) is 9.72. The van der Waals surface area contributed by atoms with Crippen molar-refractivity contribution in [1.82, 2.24) is 14.8 Å². The number of anilines is 1. The number of aryl methyl sites for hydroxylation is 2. The fourth-order valence-electron chi connectivity index (χ4n) is 3.28. The van der Waals surface area contributed by atoms with E-state index in [1.165, 1.54) is 17.0 Å². The number of rotatable bonds is 6. The molecule has 2 aromatic heterocycles. The number of carbonyl (C=O) groups excluding carboxylic acids is 1. The molecule has 0 fully saturated rings. The summed E-state index contributed by atoms with van der Waals surface area (Å²) in [5.41, 5.74) is 2.79. The summed E-state index contributed by atoms with van der Waals surface area (Å²) in [6.45, 7) is 4.57. The van der Waals surface area contributed by atoms with Gasteiger partial charge in [-0.1, -0.05) is 41.7 Å². The lowest BCUT2D eigenvalue weighted by Gasteiger charge is -2.18. The predicted molar refractivity (Wildman–Crippen MR) is 119 cm³/mol. The van der Waals surface area contributed by atoms with Gasteiger partial charge in [0.25, 0.3) is 5.91 Å². The van der Waals surface area contributed by atoms with Gasteiger partial charge >= 0.3 is 0 Å². The van der Waals surface area contributed by atoms with Crippen LogP contribution < -0.4 is 4.90 Å². The number of benzene rings is 2. The largest absolute Gasteiger partial charge is 0.283 e. The van der Waals surface area contributed by atoms with Gasteiger partial charge in [-0.05, 0) is 37.6 Å². The summed E-state index contributed by atoms with van der Waals surface area (Å²) >= 11 is 1.08. The van der Waals surface area contributed by atoms with Crippen LogP contribution in [0, 0.1) is 25.5 Å². The second-order valence-corrected chi connectivity index (χ2v) is 8.12. The van der Waals surface area contributed by atoms with Crippen LogP contribution in [0.15, 0.2) is 54.6 Å². The number of carbonyl (C=O) groups is 1. The average molecular weight is 439 g/mol. The standard InChI is InChI=1S/C23H20F2N4OS/c1-15-12-16(2)29(27-15)11-10-28(21(30)9-8-17-6-4-3-5-7-17)23-26-22-19(25)13-18(24)14-20(22)31-23/h3-9,12-14H,10-11H2,1-2H3/b9-8+. The molecule has 8 heteroatoms. The van der Waals surface area contributed by atoms with E-state index in [0.717, 1.165) is 34.4 Å². The summed E-state index contributed by atoms with van der Waals surface area (Å²) in [4.78, 5) is 18.8. The van der Waals surface area contributed by atoms with E-state index in [1.807, 2.05) is 54.9 Å². The molecule has 0 aliphatic carbocycles. The molecule has 0 bridgehead atoms. The normalized spacial score (nSPS) is 11.5. The van der Waals surface area contributed by atoms with Crippen molar-refractivity contribution >= 4 is 38.7 Å². The molecule has 0 radical (unpaired) electrons. The van der Waals surface area contributed by atoms with Crippen molar-refractivity contribution in [3.63, 3.8) is 0 Å². The maximum Gasteiger partial charge on any atom is 0.252 e. The molecule has 0 spiro atoms. The number of halogens is 2. The highest BCUT2D eigenvalue weighted by Crippen LogP contribution is 2.31. The first-order chi connectivity index (χ1) is 14.9. The molecule has 0 atom stereocenters. The minimum Gasteiger partial charge on any atom is -0.283 e. The molecule has 31 heavy (non-hydrogen) atoms. The van der Waals surface area contributed by atoms with E-state index in [2.05, 4.69) is 10.1 Å². The van der Waals surface area contributed by atoms with Crippen LogP contribution in [-0.4, -0.2) is 27.2 Å². The zero-order valence-corrected chi connectivity index (χ0v) is 17.9. The van der Waals surface area contributed by atoms with Crippen LogP contribution in [0.25, 0.3) is 16.3 Å². The molecular formula is C23H20F2N4OS. The van der Waals surface area contributed by atoms with E-state index in [1.54, 1.807) is 6.08 Å². The number of fused-ring (bicyclic) bond motifs is 1. The molecule has 0 saturated carbocycles. The van der Waals surface area contributed by atoms with Crippen molar-refractivity contribution < 1.29 is 13.6 Å². The second-order valence-electron chi connectivity index (χ2n) is 7.11. The number of hydrogen-bond donors (Lipinski definition) is 0. The van der Waals surface area contributed by atoms with Crippen LogP contribution in [0.2, 0.25) is 0 Å².